The van der Waals surface area contributed by atoms with E-state index in [0.717, 1.165) is 23.7 Å². The maximum absolute atomic E-state index is 12.1. The molecule has 2 rings (SSSR count). The number of hydrogen-bond donors (Lipinski definition) is 2. The Bertz CT molecular complexity index is 464. The molecule has 0 radical (unpaired) electrons. The predicted molar refractivity (Wildman–Crippen MR) is 76.4 cm³/mol. The molecule has 5 heteroatoms. The summed E-state index contributed by atoms with van der Waals surface area (Å²) in [7, 11) is 1.59. The molecule has 4 nitrogen and oxygen atoms in total. The Morgan fingerprint density at radius 3 is 2.89 bits per heavy atom. The molecule has 2 N–H and O–H groups in total. The lowest BCUT2D eigenvalue weighted by atomic mass is 9.93. The second-order valence-corrected chi connectivity index (χ2v) is 5.69. The van der Waals surface area contributed by atoms with Crippen LogP contribution in [-0.2, 0) is 0 Å². The topological polar surface area (TPSA) is 58.6 Å². The molecule has 0 bridgehead atoms. The lowest BCUT2D eigenvalue weighted by Crippen LogP contribution is -2.39. The molecule has 0 spiro atoms. The molecule has 0 aromatic heterocycles. The zero-order valence-electron chi connectivity index (χ0n) is 10.9. The van der Waals surface area contributed by atoms with Crippen molar-refractivity contribution in [1.29, 1.82) is 0 Å². The van der Waals surface area contributed by atoms with Crippen LogP contribution in [0.1, 0.15) is 36.0 Å². The number of aliphatic hydroxyl groups excluding tert-OH is 1. The van der Waals surface area contributed by atoms with Gasteiger partial charge in [-0.15, -0.1) is 0 Å². The lowest BCUT2D eigenvalue weighted by Gasteiger charge is -2.26. The van der Waals surface area contributed by atoms with Gasteiger partial charge in [-0.1, -0.05) is 0 Å². The van der Waals surface area contributed by atoms with Gasteiger partial charge in [-0.3, -0.25) is 4.79 Å². The largest absolute Gasteiger partial charge is 0.496 e. The van der Waals surface area contributed by atoms with Crippen LogP contribution in [0.15, 0.2) is 22.7 Å². The number of carbonyl (C=O) groups is 1. The monoisotopic (exact) mass is 327 g/mol. The Labute approximate surface area is 121 Å². The summed E-state index contributed by atoms with van der Waals surface area (Å²) in [5.74, 6) is 0.590. The minimum atomic E-state index is -0.290. The number of ether oxygens (including phenoxy) is 1. The smallest absolute Gasteiger partial charge is 0.251 e. The van der Waals surface area contributed by atoms with Crippen LogP contribution in [0.4, 0.5) is 0 Å². The Hall–Kier alpha value is -1.07. The van der Waals surface area contributed by atoms with Crippen LogP contribution >= 0.6 is 15.9 Å². The second kappa shape index (κ2) is 6.39. The van der Waals surface area contributed by atoms with Crippen LogP contribution in [-0.4, -0.2) is 30.3 Å². The van der Waals surface area contributed by atoms with E-state index in [1.54, 1.807) is 25.3 Å². The van der Waals surface area contributed by atoms with E-state index in [1.807, 2.05) is 0 Å². The van der Waals surface area contributed by atoms with Crippen molar-refractivity contribution in [3.05, 3.63) is 28.2 Å². The van der Waals surface area contributed by atoms with Crippen LogP contribution in [0.3, 0.4) is 0 Å². The zero-order chi connectivity index (χ0) is 13.8. The van der Waals surface area contributed by atoms with Gasteiger partial charge >= 0.3 is 0 Å². The molecule has 0 aliphatic heterocycles. The van der Waals surface area contributed by atoms with E-state index in [4.69, 9.17) is 4.74 Å². The second-order valence-electron chi connectivity index (χ2n) is 4.84. The fraction of sp³-hybridized carbons (Fsp3) is 0.500. The van der Waals surface area contributed by atoms with Gasteiger partial charge in [-0.25, -0.2) is 0 Å². The molecule has 1 amide bonds. The molecule has 19 heavy (non-hydrogen) atoms. The van der Waals surface area contributed by atoms with Gasteiger partial charge in [0.25, 0.3) is 5.91 Å². The maximum Gasteiger partial charge on any atom is 0.251 e. The van der Waals surface area contributed by atoms with E-state index in [1.165, 1.54) is 0 Å². The highest BCUT2D eigenvalue weighted by Gasteiger charge is 2.22. The molecule has 1 aliphatic carbocycles. The molecular formula is C14H18BrNO3. The molecule has 2 unspecified atom stereocenters. The third-order valence-electron chi connectivity index (χ3n) is 3.40. The van der Waals surface area contributed by atoms with Crippen LogP contribution in [0.2, 0.25) is 0 Å². The molecule has 1 aliphatic rings. The minimum Gasteiger partial charge on any atom is -0.496 e. The van der Waals surface area contributed by atoms with Crippen molar-refractivity contribution in [1.82, 2.24) is 5.32 Å². The Kier molecular flexibility index (Phi) is 4.82. The first-order valence-electron chi connectivity index (χ1n) is 6.42. The van der Waals surface area contributed by atoms with E-state index in [2.05, 4.69) is 21.2 Å². The van der Waals surface area contributed by atoms with Gasteiger partial charge in [0.1, 0.15) is 5.75 Å². The van der Waals surface area contributed by atoms with Gasteiger partial charge in [-0.2, -0.15) is 0 Å². The van der Waals surface area contributed by atoms with E-state index in [-0.39, 0.29) is 18.1 Å². The fourth-order valence-electron chi connectivity index (χ4n) is 2.37. The maximum atomic E-state index is 12.1. The van der Waals surface area contributed by atoms with E-state index in [9.17, 15) is 9.90 Å². The summed E-state index contributed by atoms with van der Waals surface area (Å²) < 4.78 is 5.89. The van der Waals surface area contributed by atoms with E-state index < -0.39 is 0 Å². The summed E-state index contributed by atoms with van der Waals surface area (Å²) >= 11 is 3.37. The molecule has 104 valence electrons. The van der Waals surface area contributed by atoms with Gasteiger partial charge in [0.05, 0.1) is 17.7 Å². The van der Waals surface area contributed by atoms with Crippen molar-refractivity contribution in [3.63, 3.8) is 0 Å². The fourth-order valence-corrected chi connectivity index (χ4v) is 2.91. The minimum absolute atomic E-state index is 0.0668. The number of halogens is 1. The number of benzene rings is 1. The quantitative estimate of drug-likeness (QED) is 0.896. The standard InChI is InChI=1S/C14H18BrNO3/c1-19-13-6-5-9(7-12(13)15)14(18)16-10-3-2-4-11(17)8-10/h5-7,10-11,17H,2-4,8H2,1H3,(H,16,18). The third kappa shape index (κ3) is 3.70. The first-order valence-corrected chi connectivity index (χ1v) is 7.22. The van der Waals surface area contributed by atoms with Crippen LogP contribution in [0.5, 0.6) is 5.75 Å². The number of nitrogens with one attached hydrogen (secondary N) is 1. The average molecular weight is 328 g/mol. The van der Waals surface area contributed by atoms with E-state index >= 15 is 0 Å². The highest BCUT2D eigenvalue weighted by atomic mass is 79.9. The third-order valence-corrected chi connectivity index (χ3v) is 4.02. The van der Waals surface area contributed by atoms with Crippen molar-refractivity contribution in [3.8, 4) is 5.75 Å². The van der Waals surface area contributed by atoms with Crippen LogP contribution in [0.25, 0.3) is 0 Å². The van der Waals surface area contributed by atoms with Crippen LogP contribution < -0.4 is 10.1 Å². The van der Waals surface area contributed by atoms with Gasteiger partial charge in [-0.05, 0) is 59.8 Å². The van der Waals surface area contributed by atoms with E-state index in [0.29, 0.717) is 17.7 Å². The highest BCUT2D eigenvalue weighted by molar-refractivity contribution is 9.10. The Morgan fingerprint density at radius 2 is 2.26 bits per heavy atom. The van der Waals surface area contributed by atoms with Gasteiger partial charge < -0.3 is 15.2 Å². The van der Waals surface area contributed by atoms with Crippen molar-refractivity contribution in [2.45, 2.75) is 37.8 Å². The van der Waals surface area contributed by atoms with Crippen molar-refractivity contribution in [2.24, 2.45) is 0 Å². The average Bonchev–Trinajstić information content (AvgIpc) is 2.38. The van der Waals surface area contributed by atoms with Gasteiger partial charge in [0, 0.05) is 11.6 Å². The Morgan fingerprint density at radius 1 is 1.47 bits per heavy atom. The SMILES string of the molecule is COc1ccc(C(=O)NC2CCCC(O)C2)cc1Br. The first-order chi connectivity index (χ1) is 9.10. The van der Waals surface area contributed by atoms with Crippen molar-refractivity contribution < 1.29 is 14.6 Å². The molecular weight excluding hydrogens is 310 g/mol. The molecule has 1 aromatic carbocycles. The summed E-state index contributed by atoms with van der Waals surface area (Å²) in [5.41, 5.74) is 0.590. The summed E-state index contributed by atoms with van der Waals surface area (Å²) in [4.78, 5) is 12.1. The first kappa shape index (κ1) is 14.3. The summed E-state index contributed by atoms with van der Waals surface area (Å²) in [6.07, 6.45) is 3.07. The molecule has 2 atom stereocenters. The predicted octanol–water partition coefficient (Wildman–Crippen LogP) is 2.49. The number of methoxy groups -OCH3 is 1. The normalized spacial score (nSPS) is 22.9. The number of amides is 1. The summed E-state index contributed by atoms with van der Waals surface area (Å²) in [6, 6.07) is 5.30. The summed E-state index contributed by atoms with van der Waals surface area (Å²) in [6.45, 7) is 0. The molecule has 0 heterocycles. The highest BCUT2D eigenvalue weighted by Crippen LogP contribution is 2.26. The molecule has 1 aromatic rings. The number of aliphatic hydroxyl groups is 1. The molecule has 0 saturated heterocycles. The lowest BCUT2D eigenvalue weighted by molar-refractivity contribution is 0.0849. The summed E-state index contributed by atoms with van der Waals surface area (Å²) in [5, 5.41) is 12.6. The van der Waals surface area contributed by atoms with Crippen LogP contribution in [0, 0.1) is 0 Å². The molecule has 1 saturated carbocycles. The van der Waals surface area contributed by atoms with Crippen molar-refractivity contribution in [2.75, 3.05) is 7.11 Å². The van der Waals surface area contributed by atoms with Gasteiger partial charge in [0.2, 0.25) is 0 Å². The number of rotatable bonds is 3. The Balaban J connectivity index is 2.01. The number of carbonyl (C=O) groups excluding carboxylic acids is 1. The molecule has 1 fully saturated rings. The number of hydrogen-bond acceptors (Lipinski definition) is 3. The van der Waals surface area contributed by atoms with Crippen molar-refractivity contribution >= 4 is 21.8 Å². The zero-order valence-corrected chi connectivity index (χ0v) is 12.4. The van der Waals surface area contributed by atoms with Gasteiger partial charge in [0.15, 0.2) is 0 Å².